The van der Waals surface area contributed by atoms with Gasteiger partial charge in [0, 0.05) is 10.1 Å². The molecule has 0 heterocycles. The van der Waals surface area contributed by atoms with E-state index in [4.69, 9.17) is 22.1 Å². The second-order valence-electron chi connectivity index (χ2n) is 4.79. The quantitative estimate of drug-likeness (QED) is 0.867. The lowest BCUT2D eigenvalue weighted by molar-refractivity contribution is -0.149. The molecule has 2 rings (SSSR count). The fourth-order valence-electron chi connectivity index (χ4n) is 2.31. The van der Waals surface area contributed by atoms with Crippen molar-refractivity contribution in [2.24, 2.45) is 5.73 Å². The van der Waals surface area contributed by atoms with Gasteiger partial charge in [-0.15, -0.1) is 11.8 Å². The lowest BCUT2D eigenvalue weighted by Gasteiger charge is -2.21. The van der Waals surface area contributed by atoms with E-state index in [0.29, 0.717) is 24.7 Å². The molecule has 2 unspecified atom stereocenters. The zero-order valence-electron chi connectivity index (χ0n) is 10.9. The van der Waals surface area contributed by atoms with Crippen molar-refractivity contribution in [1.29, 1.82) is 0 Å². The smallest absolute Gasteiger partial charge is 0.326 e. The van der Waals surface area contributed by atoms with Gasteiger partial charge in [-0.05, 0) is 38.3 Å². The van der Waals surface area contributed by atoms with Crippen LogP contribution in [0, 0.1) is 0 Å². The lowest BCUT2D eigenvalue weighted by Crippen LogP contribution is -2.47. The first-order chi connectivity index (χ1) is 9.05. The molecule has 0 radical (unpaired) electrons. The number of carbonyl (C=O) groups is 1. The highest BCUT2D eigenvalue weighted by Gasteiger charge is 2.43. The van der Waals surface area contributed by atoms with Crippen LogP contribution in [0.4, 0.5) is 0 Å². The van der Waals surface area contributed by atoms with E-state index in [-0.39, 0.29) is 5.97 Å². The predicted molar refractivity (Wildman–Crippen MR) is 78.5 cm³/mol. The Morgan fingerprint density at radius 1 is 1.58 bits per heavy atom. The van der Waals surface area contributed by atoms with E-state index in [1.54, 1.807) is 18.7 Å². The monoisotopic (exact) mass is 299 g/mol. The Bertz CT molecular complexity index is 469. The molecule has 0 aromatic heterocycles. The van der Waals surface area contributed by atoms with Crippen LogP contribution in [-0.2, 0) is 9.53 Å². The van der Waals surface area contributed by atoms with Crippen molar-refractivity contribution in [3.63, 3.8) is 0 Å². The number of benzene rings is 1. The number of rotatable bonds is 4. The number of hydrogen-bond acceptors (Lipinski definition) is 4. The van der Waals surface area contributed by atoms with Crippen LogP contribution >= 0.6 is 23.4 Å². The molecule has 1 aromatic carbocycles. The van der Waals surface area contributed by atoms with Crippen LogP contribution in [-0.4, -0.2) is 23.4 Å². The molecule has 1 saturated carbocycles. The highest BCUT2D eigenvalue weighted by molar-refractivity contribution is 8.00. The standard InChI is InChI=1S/C14H18ClNO2S/c1-2-18-13(17)14(16)8-7-10(9-14)19-12-6-4-3-5-11(12)15/h3-6,10H,2,7-9,16H2,1H3. The number of nitrogens with two attached hydrogens (primary N) is 1. The van der Waals surface area contributed by atoms with Crippen molar-refractivity contribution in [2.45, 2.75) is 41.9 Å². The maximum atomic E-state index is 11.8. The van der Waals surface area contributed by atoms with Crippen LogP contribution in [0.2, 0.25) is 5.02 Å². The minimum absolute atomic E-state index is 0.280. The summed E-state index contributed by atoms with van der Waals surface area (Å²) in [5, 5.41) is 1.06. The molecule has 0 bridgehead atoms. The highest BCUT2D eigenvalue weighted by atomic mass is 35.5. The minimum Gasteiger partial charge on any atom is -0.465 e. The summed E-state index contributed by atoms with van der Waals surface area (Å²) in [6, 6.07) is 7.74. The maximum Gasteiger partial charge on any atom is 0.326 e. The van der Waals surface area contributed by atoms with E-state index in [9.17, 15) is 4.79 Å². The zero-order valence-corrected chi connectivity index (χ0v) is 12.5. The van der Waals surface area contributed by atoms with Gasteiger partial charge in [-0.3, -0.25) is 4.79 Å². The van der Waals surface area contributed by atoms with Crippen LogP contribution in [0.15, 0.2) is 29.2 Å². The molecule has 0 aliphatic heterocycles. The molecule has 1 aliphatic rings. The fraction of sp³-hybridized carbons (Fsp3) is 0.500. The van der Waals surface area contributed by atoms with E-state index >= 15 is 0 Å². The van der Waals surface area contributed by atoms with Gasteiger partial charge in [-0.1, -0.05) is 23.7 Å². The average molecular weight is 300 g/mol. The summed E-state index contributed by atoms with van der Waals surface area (Å²) < 4.78 is 5.05. The van der Waals surface area contributed by atoms with Gasteiger partial charge in [0.1, 0.15) is 5.54 Å². The van der Waals surface area contributed by atoms with Gasteiger partial charge in [0.2, 0.25) is 0 Å². The highest BCUT2D eigenvalue weighted by Crippen LogP contribution is 2.41. The number of thioether (sulfide) groups is 1. The van der Waals surface area contributed by atoms with Gasteiger partial charge in [-0.25, -0.2) is 0 Å². The van der Waals surface area contributed by atoms with Crippen molar-refractivity contribution in [3.8, 4) is 0 Å². The molecule has 19 heavy (non-hydrogen) atoms. The molecule has 104 valence electrons. The van der Waals surface area contributed by atoms with Crippen LogP contribution in [0.3, 0.4) is 0 Å². The van der Waals surface area contributed by atoms with E-state index in [1.165, 1.54) is 0 Å². The molecule has 0 spiro atoms. The van der Waals surface area contributed by atoms with Crippen molar-refractivity contribution in [1.82, 2.24) is 0 Å². The number of hydrogen-bond donors (Lipinski definition) is 1. The number of carbonyl (C=O) groups excluding carboxylic acids is 1. The van der Waals surface area contributed by atoms with Crippen LogP contribution in [0.25, 0.3) is 0 Å². The molecule has 2 N–H and O–H groups in total. The fourth-order valence-corrected chi connectivity index (χ4v) is 3.89. The van der Waals surface area contributed by atoms with Crippen molar-refractivity contribution in [3.05, 3.63) is 29.3 Å². The molecule has 3 nitrogen and oxygen atoms in total. The summed E-state index contributed by atoms with van der Waals surface area (Å²) in [7, 11) is 0. The second-order valence-corrected chi connectivity index (χ2v) is 6.54. The second kappa shape index (κ2) is 6.16. The third kappa shape index (κ3) is 3.44. The van der Waals surface area contributed by atoms with Crippen LogP contribution in [0.1, 0.15) is 26.2 Å². The zero-order chi connectivity index (χ0) is 13.9. The van der Waals surface area contributed by atoms with Gasteiger partial charge in [-0.2, -0.15) is 0 Å². The third-order valence-electron chi connectivity index (χ3n) is 3.32. The first-order valence-corrected chi connectivity index (χ1v) is 7.68. The molecular weight excluding hydrogens is 282 g/mol. The van der Waals surface area contributed by atoms with E-state index in [0.717, 1.165) is 16.3 Å². The Kier molecular flexibility index (Phi) is 4.76. The molecule has 0 amide bonds. The molecule has 1 aliphatic carbocycles. The number of halogens is 1. The molecule has 1 fully saturated rings. The Labute approximate surface area is 122 Å². The largest absolute Gasteiger partial charge is 0.465 e. The Morgan fingerprint density at radius 2 is 2.32 bits per heavy atom. The molecular formula is C14H18ClNO2S. The summed E-state index contributed by atoms with van der Waals surface area (Å²) in [5.74, 6) is -0.280. The first kappa shape index (κ1) is 14.7. The van der Waals surface area contributed by atoms with Gasteiger partial charge in [0.05, 0.1) is 11.6 Å². The molecule has 2 atom stereocenters. The van der Waals surface area contributed by atoms with Gasteiger partial charge in [0.25, 0.3) is 0 Å². The Balaban J connectivity index is 1.99. The van der Waals surface area contributed by atoms with Gasteiger partial charge in [0.15, 0.2) is 0 Å². The first-order valence-electron chi connectivity index (χ1n) is 6.42. The topological polar surface area (TPSA) is 52.3 Å². The minimum atomic E-state index is -0.824. The third-order valence-corrected chi connectivity index (χ3v) is 5.10. The number of esters is 1. The maximum absolute atomic E-state index is 11.8. The summed E-state index contributed by atoms with van der Waals surface area (Å²) in [4.78, 5) is 12.9. The SMILES string of the molecule is CCOC(=O)C1(N)CCC(Sc2ccccc2Cl)C1. The summed E-state index contributed by atoms with van der Waals surface area (Å²) in [6.07, 6.45) is 2.22. The van der Waals surface area contributed by atoms with Crippen molar-refractivity contribution >= 4 is 29.3 Å². The average Bonchev–Trinajstić information content (AvgIpc) is 2.76. The molecule has 0 saturated heterocycles. The van der Waals surface area contributed by atoms with Crippen LogP contribution in [0.5, 0.6) is 0 Å². The van der Waals surface area contributed by atoms with Crippen LogP contribution < -0.4 is 5.73 Å². The predicted octanol–water partition coefficient (Wildman–Crippen LogP) is 3.25. The Hall–Kier alpha value is -0.710. The van der Waals surface area contributed by atoms with E-state index < -0.39 is 5.54 Å². The van der Waals surface area contributed by atoms with Crippen molar-refractivity contribution < 1.29 is 9.53 Å². The summed E-state index contributed by atoms with van der Waals surface area (Å²) in [5.41, 5.74) is 5.33. The Morgan fingerprint density at radius 3 is 3.00 bits per heavy atom. The summed E-state index contributed by atoms with van der Waals surface area (Å²) in [6.45, 7) is 2.17. The normalized spacial score (nSPS) is 26.4. The molecule has 5 heteroatoms. The molecule has 1 aromatic rings. The van der Waals surface area contributed by atoms with E-state index in [2.05, 4.69) is 0 Å². The lowest BCUT2D eigenvalue weighted by atomic mass is 10.00. The van der Waals surface area contributed by atoms with Crippen molar-refractivity contribution in [2.75, 3.05) is 6.61 Å². The summed E-state index contributed by atoms with van der Waals surface area (Å²) >= 11 is 7.84. The van der Waals surface area contributed by atoms with E-state index in [1.807, 2.05) is 24.3 Å². The number of ether oxygens (including phenoxy) is 1. The van der Waals surface area contributed by atoms with Gasteiger partial charge >= 0.3 is 5.97 Å². The van der Waals surface area contributed by atoms with Gasteiger partial charge < -0.3 is 10.5 Å².